The van der Waals surface area contributed by atoms with Crippen LogP contribution in [-0.2, 0) is 5.54 Å². The second kappa shape index (κ2) is 6.05. The molecule has 0 fully saturated rings. The van der Waals surface area contributed by atoms with Gasteiger partial charge in [0.2, 0.25) is 0 Å². The van der Waals surface area contributed by atoms with Gasteiger partial charge in [0.05, 0.1) is 11.6 Å². The lowest BCUT2D eigenvalue weighted by molar-refractivity contribution is 0.553. The van der Waals surface area contributed by atoms with E-state index >= 15 is 0 Å². The van der Waals surface area contributed by atoms with Gasteiger partial charge in [-0.05, 0) is 37.6 Å². The van der Waals surface area contributed by atoms with E-state index in [4.69, 9.17) is 16.1 Å². The third-order valence-corrected chi connectivity index (χ3v) is 3.42. The Balaban J connectivity index is 0.00000137. The van der Waals surface area contributed by atoms with Crippen LogP contribution in [0.2, 0.25) is 0 Å². The van der Waals surface area contributed by atoms with Gasteiger partial charge < -0.3 is 5.73 Å². The molecule has 0 aliphatic heterocycles. The summed E-state index contributed by atoms with van der Waals surface area (Å²) in [4.78, 5) is 0.792. The molecule has 0 spiro atoms. The highest BCUT2D eigenvalue weighted by Crippen LogP contribution is 2.29. The van der Waals surface area contributed by atoms with Crippen LogP contribution in [0.4, 0.5) is 0 Å². The van der Waals surface area contributed by atoms with Crippen molar-refractivity contribution in [3.05, 3.63) is 29.3 Å². The van der Waals surface area contributed by atoms with Crippen molar-refractivity contribution in [3.8, 4) is 6.07 Å². The minimum absolute atomic E-state index is 0.508. The number of hydrogen-bond acceptors (Lipinski definition) is 3. The lowest BCUT2D eigenvalue weighted by atomic mass is 9.94. The van der Waals surface area contributed by atoms with Gasteiger partial charge >= 0.3 is 0 Å². The van der Waals surface area contributed by atoms with Crippen molar-refractivity contribution in [2.45, 2.75) is 38.1 Å². The average molecular weight is 265 g/mol. The summed E-state index contributed by atoms with van der Waals surface area (Å²) in [5.74, 6) is 7.68. The summed E-state index contributed by atoms with van der Waals surface area (Å²) < 4.78 is 0. The Labute approximate surface area is 111 Å². The van der Waals surface area contributed by atoms with Gasteiger partial charge in [-0.3, -0.25) is 5.14 Å². The first-order valence-corrected chi connectivity index (χ1v) is 7.80. The molecule has 0 amide bonds. The molecule has 1 rings (SSSR count). The van der Waals surface area contributed by atoms with Crippen molar-refractivity contribution in [1.29, 1.82) is 5.26 Å². The highest BCUT2D eigenvalue weighted by Gasteiger charge is 2.16. The van der Waals surface area contributed by atoms with Crippen LogP contribution in [0.15, 0.2) is 23.1 Å². The predicted molar refractivity (Wildman–Crippen MR) is 84.0 cm³/mol. The van der Waals surface area contributed by atoms with Gasteiger partial charge in [-0.2, -0.15) is 5.26 Å². The van der Waals surface area contributed by atoms with E-state index in [0.717, 1.165) is 10.5 Å². The summed E-state index contributed by atoms with van der Waals surface area (Å²) in [6.45, 7) is 7.76. The first-order chi connectivity index (χ1) is 8.14. The Morgan fingerprint density at radius 3 is 2.06 bits per heavy atom. The van der Waals surface area contributed by atoms with E-state index in [0.29, 0.717) is 5.56 Å². The molecule has 18 heavy (non-hydrogen) atoms. The highest BCUT2D eigenvalue weighted by molar-refractivity contribution is 8.26. The number of rotatable bonds is 2. The molecule has 3 nitrogen and oxygen atoms in total. The number of nitrogens with zero attached hydrogens (tertiary/aromatic N) is 1. The van der Waals surface area contributed by atoms with Crippen LogP contribution in [-0.4, -0.2) is 11.7 Å². The molecule has 0 aliphatic rings. The van der Waals surface area contributed by atoms with E-state index in [1.165, 1.54) is 0 Å². The predicted octanol–water partition coefficient (Wildman–Crippen LogP) is 2.68. The molecule has 0 saturated heterocycles. The zero-order valence-corrected chi connectivity index (χ0v) is 12.5. The molecule has 0 heterocycles. The Kier molecular flexibility index (Phi) is 5.62. The number of nitriles is 1. The van der Waals surface area contributed by atoms with Crippen LogP contribution in [0.1, 0.15) is 38.8 Å². The van der Waals surface area contributed by atoms with Crippen LogP contribution in [0, 0.1) is 11.3 Å². The highest BCUT2D eigenvalue weighted by atomic mass is 32.2. The van der Waals surface area contributed by atoms with Crippen LogP contribution in [0.5, 0.6) is 0 Å². The maximum atomic E-state index is 8.95. The Morgan fingerprint density at radius 2 is 1.72 bits per heavy atom. The minimum atomic E-state index is -1.82. The van der Waals surface area contributed by atoms with Gasteiger partial charge in [-0.1, -0.05) is 25.6 Å². The van der Waals surface area contributed by atoms with Gasteiger partial charge in [-0.15, -0.1) is 9.39 Å². The summed E-state index contributed by atoms with van der Waals surface area (Å²) in [6, 6.07) is 7.48. The zero-order chi connectivity index (χ0) is 14.6. The second-order valence-corrected chi connectivity index (χ2v) is 6.88. The van der Waals surface area contributed by atoms with Gasteiger partial charge in [0.1, 0.15) is 0 Å². The van der Waals surface area contributed by atoms with E-state index in [9.17, 15) is 0 Å². The van der Waals surface area contributed by atoms with E-state index in [2.05, 4.69) is 17.8 Å². The monoisotopic (exact) mass is 265 g/mol. The molecular weight excluding hydrogens is 242 g/mol. The van der Waals surface area contributed by atoms with Crippen molar-refractivity contribution in [1.82, 2.24) is 0 Å². The fourth-order valence-electron chi connectivity index (χ4n) is 1.27. The van der Waals surface area contributed by atoms with Crippen LogP contribution >= 0.6 is 9.39 Å². The normalized spacial score (nSPS) is 11.2. The summed E-state index contributed by atoms with van der Waals surface area (Å²) in [7, 11) is -1.82. The largest absolute Gasteiger partial charge is 0.322 e. The van der Waals surface area contributed by atoms with Crippen molar-refractivity contribution in [2.24, 2.45) is 10.9 Å². The maximum absolute atomic E-state index is 8.95. The van der Waals surface area contributed by atoms with Crippen LogP contribution in [0.25, 0.3) is 0 Å². The molecule has 0 saturated carbocycles. The third kappa shape index (κ3) is 4.53. The molecule has 1 aromatic rings. The molecule has 0 bridgehead atoms. The van der Waals surface area contributed by atoms with Crippen molar-refractivity contribution < 1.29 is 0 Å². The van der Waals surface area contributed by atoms with E-state index in [-0.39, 0.29) is 0 Å². The fourth-order valence-corrected chi connectivity index (χ4v) is 1.99. The molecular formula is C14H23N3S. The molecule has 4 N–H and O–H groups in total. The Hall–Kier alpha value is -1.28. The molecule has 0 unspecified atom stereocenters. The fraction of sp³-hybridized carbons (Fsp3) is 0.357. The SMILES string of the molecule is C=S(=C)(N)c1cc(C#N)cc(C(C)(C)N)c1.CC. The van der Waals surface area contributed by atoms with Gasteiger partial charge in [-0.25, -0.2) is 0 Å². The quantitative estimate of drug-likeness (QED) is 0.807. The first kappa shape index (κ1) is 16.7. The molecule has 0 aliphatic carbocycles. The van der Waals surface area contributed by atoms with E-state index < -0.39 is 14.9 Å². The van der Waals surface area contributed by atoms with E-state index in [1.807, 2.05) is 33.8 Å². The molecule has 1 aromatic carbocycles. The van der Waals surface area contributed by atoms with Crippen LogP contribution in [0.3, 0.4) is 0 Å². The maximum Gasteiger partial charge on any atom is 0.0992 e. The van der Waals surface area contributed by atoms with E-state index in [1.54, 1.807) is 12.1 Å². The molecule has 0 radical (unpaired) electrons. The number of hydrogen-bond donors (Lipinski definition) is 2. The first-order valence-electron chi connectivity index (χ1n) is 5.76. The van der Waals surface area contributed by atoms with Gasteiger partial charge in [0.15, 0.2) is 0 Å². The Bertz CT molecular complexity index is 543. The van der Waals surface area contributed by atoms with Crippen molar-refractivity contribution in [3.63, 3.8) is 0 Å². The van der Waals surface area contributed by atoms with Gasteiger partial charge in [0.25, 0.3) is 0 Å². The second-order valence-electron chi connectivity index (χ2n) is 4.52. The molecule has 0 aromatic heterocycles. The van der Waals surface area contributed by atoms with Crippen LogP contribution < -0.4 is 10.9 Å². The minimum Gasteiger partial charge on any atom is -0.322 e. The number of benzene rings is 1. The topological polar surface area (TPSA) is 75.8 Å². The Morgan fingerprint density at radius 1 is 1.22 bits per heavy atom. The standard InChI is InChI=1S/C12H17N3S.C2H6/c1-12(2,14)10-5-9(8-13)6-11(7-10)16(3,4)15;1-2/h5-7H,3-4,14-15H2,1-2H3;1-2H3. The summed E-state index contributed by atoms with van der Waals surface area (Å²) in [6.07, 6.45) is 0. The summed E-state index contributed by atoms with van der Waals surface area (Å²) in [5, 5.41) is 14.9. The molecule has 0 atom stereocenters. The lowest BCUT2D eigenvalue weighted by Crippen LogP contribution is -2.28. The molecule has 4 heteroatoms. The lowest BCUT2D eigenvalue weighted by Gasteiger charge is -2.21. The molecule has 100 valence electrons. The zero-order valence-electron chi connectivity index (χ0n) is 11.7. The van der Waals surface area contributed by atoms with Crippen molar-refractivity contribution in [2.75, 3.05) is 0 Å². The third-order valence-electron chi connectivity index (χ3n) is 2.25. The summed E-state index contributed by atoms with van der Waals surface area (Å²) >= 11 is 0. The van der Waals surface area contributed by atoms with Crippen molar-refractivity contribution >= 4 is 21.1 Å². The summed E-state index contributed by atoms with van der Waals surface area (Å²) in [5.41, 5.74) is 6.92. The average Bonchev–Trinajstić information content (AvgIpc) is 2.29. The smallest absolute Gasteiger partial charge is 0.0992 e. The van der Waals surface area contributed by atoms with Gasteiger partial charge in [0, 0.05) is 10.4 Å². The number of nitrogens with two attached hydrogens (primary N) is 2.